The Morgan fingerprint density at radius 2 is 1.06 bits per heavy atom. The lowest BCUT2D eigenvalue weighted by Crippen LogP contribution is -2.27. The minimum Gasteiger partial charge on any atom is -0.456 e. The van der Waals surface area contributed by atoms with Crippen LogP contribution in [0, 0.1) is 0 Å². The third-order valence-corrected chi connectivity index (χ3v) is 12.2. The smallest absolute Gasteiger partial charge is 0.136 e. The van der Waals surface area contributed by atoms with Crippen molar-refractivity contribution in [2.24, 2.45) is 0 Å². The Morgan fingerprint density at radius 1 is 0.412 bits per heavy atom. The fraction of sp³-hybridized carbons (Fsp3) is 0.125. The summed E-state index contributed by atoms with van der Waals surface area (Å²) in [5.74, 6) is 0. The van der Waals surface area contributed by atoms with Crippen LogP contribution in [0.4, 0.5) is 0 Å². The van der Waals surface area contributed by atoms with Gasteiger partial charge >= 0.3 is 0 Å². The van der Waals surface area contributed by atoms with Crippen LogP contribution in [0.1, 0.15) is 43.2 Å². The van der Waals surface area contributed by atoms with Gasteiger partial charge in [0.1, 0.15) is 22.3 Å². The Labute approximate surface area is 294 Å². The van der Waals surface area contributed by atoms with Gasteiger partial charge in [0, 0.05) is 43.4 Å². The SMILES string of the molecule is c1ccc2c(c1)-c1cc3oc4ccc(-c5ccc6c(c5)c5ccccc5n6-c5ccc6oc7ccccc7c6c5)cc4c3cc1C21CCCCC1. The van der Waals surface area contributed by atoms with Gasteiger partial charge in [0.05, 0.1) is 11.0 Å². The molecule has 0 N–H and O–H groups in total. The lowest BCUT2D eigenvalue weighted by atomic mass is 9.68. The molecule has 0 amide bonds. The zero-order valence-corrected chi connectivity index (χ0v) is 28.1. The molecule has 51 heavy (non-hydrogen) atoms. The molecule has 0 unspecified atom stereocenters. The van der Waals surface area contributed by atoms with E-state index in [2.05, 4.69) is 132 Å². The highest BCUT2D eigenvalue weighted by atomic mass is 16.3. The van der Waals surface area contributed by atoms with E-state index in [1.54, 1.807) is 0 Å². The van der Waals surface area contributed by atoms with Gasteiger partial charge in [0.2, 0.25) is 0 Å². The molecule has 0 saturated heterocycles. The van der Waals surface area contributed by atoms with E-state index in [-0.39, 0.29) is 5.41 Å². The minimum absolute atomic E-state index is 0.119. The van der Waals surface area contributed by atoms with E-state index in [0.717, 1.165) is 38.8 Å². The van der Waals surface area contributed by atoms with Crippen molar-refractivity contribution in [2.75, 3.05) is 0 Å². The predicted octanol–water partition coefficient (Wildman–Crippen LogP) is 13.5. The van der Waals surface area contributed by atoms with E-state index in [1.807, 2.05) is 12.1 Å². The van der Waals surface area contributed by atoms with Crippen molar-refractivity contribution in [3.8, 4) is 27.9 Å². The van der Waals surface area contributed by atoms with Crippen LogP contribution in [0.2, 0.25) is 0 Å². The zero-order chi connectivity index (χ0) is 33.3. The highest BCUT2D eigenvalue weighted by molar-refractivity contribution is 6.13. The maximum Gasteiger partial charge on any atom is 0.136 e. The fourth-order valence-electron chi connectivity index (χ4n) is 9.88. The number of fused-ring (bicyclic) bond motifs is 14. The quantitative estimate of drug-likeness (QED) is 0.186. The largest absolute Gasteiger partial charge is 0.456 e. The van der Waals surface area contributed by atoms with E-state index in [1.165, 1.54) is 98.1 Å². The van der Waals surface area contributed by atoms with E-state index in [0.29, 0.717) is 0 Å². The molecule has 10 aromatic rings. The molecule has 3 heterocycles. The molecular formula is C48H33NO2. The molecule has 3 heteroatoms. The molecule has 242 valence electrons. The van der Waals surface area contributed by atoms with Crippen LogP contribution in [-0.2, 0) is 5.41 Å². The summed E-state index contributed by atoms with van der Waals surface area (Å²) in [7, 11) is 0. The van der Waals surface area contributed by atoms with Crippen molar-refractivity contribution >= 4 is 65.7 Å². The van der Waals surface area contributed by atoms with Gasteiger partial charge in [0.15, 0.2) is 0 Å². The van der Waals surface area contributed by atoms with Gasteiger partial charge in [-0.15, -0.1) is 0 Å². The Bertz CT molecular complexity index is 3070. The first-order valence-electron chi connectivity index (χ1n) is 18.3. The van der Waals surface area contributed by atoms with E-state index < -0.39 is 0 Å². The standard InChI is InChI=1S/C48H33NO2/c1-8-22-48(23-9-1)40-13-5-2-10-32(40)35-28-47-39(27-41(35)48)37-25-30(17-20-45(37)51-47)29-16-19-43-36(24-29)33-11-3-6-14-42(33)49(43)31-18-21-46-38(26-31)34-12-4-7-15-44(34)50-46/h2-7,10-21,24-28H,1,8-9,22-23H2. The maximum absolute atomic E-state index is 6.58. The van der Waals surface area contributed by atoms with Crippen LogP contribution in [0.5, 0.6) is 0 Å². The second-order valence-corrected chi connectivity index (χ2v) is 14.8. The Hall–Kier alpha value is -6.06. The molecular weight excluding hydrogens is 623 g/mol. The zero-order valence-electron chi connectivity index (χ0n) is 28.1. The summed E-state index contributed by atoms with van der Waals surface area (Å²) in [5.41, 5.74) is 15.6. The topological polar surface area (TPSA) is 31.2 Å². The van der Waals surface area contributed by atoms with Crippen molar-refractivity contribution in [1.29, 1.82) is 0 Å². The number of nitrogens with zero attached hydrogens (tertiary/aromatic N) is 1. The first kappa shape index (κ1) is 27.7. The molecule has 2 aliphatic carbocycles. The predicted molar refractivity (Wildman–Crippen MR) is 210 cm³/mol. The summed E-state index contributed by atoms with van der Waals surface area (Å²) < 4.78 is 15.1. The summed E-state index contributed by atoms with van der Waals surface area (Å²) in [6.07, 6.45) is 6.36. The monoisotopic (exact) mass is 655 g/mol. The molecule has 7 aromatic carbocycles. The van der Waals surface area contributed by atoms with Crippen molar-refractivity contribution in [1.82, 2.24) is 4.57 Å². The van der Waals surface area contributed by atoms with Crippen LogP contribution in [0.15, 0.2) is 148 Å². The van der Waals surface area contributed by atoms with E-state index in [9.17, 15) is 0 Å². The lowest BCUT2D eigenvalue weighted by Gasteiger charge is -2.35. The Morgan fingerprint density at radius 3 is 1.96 bits per heavy atom. The van der Waals surface area contributed by atoms with Crippen LogP contribution in [0.3, 0.4) is 0 Å². The van der Waals surface area contributed by atoms with Gasteiger partial charge in [-0.2, -0.15) is 0 Å². The normalized spacial score (nSPS) is 15.2. The Kier molecular flexibility index (Phi) is 5.45. The average Bonchev–Trinajstić information content (AvgIpc) is 3.91. The van der Waals surface area contributed by atoms with Gasteiger partial charge in [-0.25, -0.2) is 0 Å². The molecule has 3 aromatic heterocycles. The summed E-state index contributed by atoms with van der Waals surface area (Å²) in [6, 6.07) is 51.2. The highest BCUT2D eigenvalue weighted by Gasteiger charge is 2.44. The van der Waals surface area contributed by atoms with E-state index >= 15 is 0 Å². The number of furan rings is 2. The third-order valence-electron chi connectivity index (χ3n) is 12.2. The number of aromatic nitrogens is 1. The van der Waals surface area contributed by atoms with Gasteiger partial charge in [-0.05, 0) is 113 Å². The van der Waals surface area contributed by atoms with Gasteiger partial charge in [-0.3, -0.25) is 0 Å². The molecule has 1 fully saturated rings. The van der Waals surface area contributed by atoms with E-state index in [4.69, 9.17) is 8.83 Å². The molecule has 12 rings (SSSR count). The number of hydrogen-bond donors (Lipinski definition) is 0. The van der Waals surface area contributed by atoms with Gasteiger partial charge < -0.3 is 13.4 Å². The summed E-state index contributed by atoms with van der Waals surface area (Å²) >= 11 is 0. The second kappa shape index (κ2) is 10.0. The third kappa shape index (κ3) is 3.73. The first-order chi connectivity index (χ1) is 25.2. The molecule has 0 radical (unpaired) electrons. The maximum atomic E-state index is 6.58. The Balaban J connectivity index is 1.02. The van der Waals surface area contributed by atoms with Crippen molar-refractivity contribution < 1.29 is 8.83 Å². The minimum atomic E-state index is 0.119. The van der Waals surface area contributed by atoms with Crippen molar-refractivity contribution in [3.05, 3.63) is 151 Å². The van der Waals surface area contributed by atoms with Crippen LogP contribution < -0.4 is 0 Å². The molecule has 0 aliphatic heterocycles. The fourth-order valence-corrected chi connectivity index (χ4v) is 9.88. The van der Waals surface area contributed by atoms with Gasteiger partial charge in [0.25, 0.3) is 0 Å². The molecule has 1 spiro atoms. The molecule has 0 atom stereocenters. The van der Waals surface area contributed by atoms with Crippen molar-refractivity contribution in [3.63, 3.8) is 0 Å². The summed E-state index contributed by atoms with van der Waals surface area (Å²) in [4.78, 5) is 0. The van der Waals surface area contributed by atoms with Gasteiger partial charge in [-0.1, -0.05) is 92.1 Å². The number of para-hydroxylation sites is 2. The summed E-state index contributed by atoms with van der Waals surface area (Å²) in [5, 5.41) is 7.18. The highest BCUT2D eigenvalue weighted by Crippen LogP contribution is 2.57. The molecule has 2 aliphatic rings. The van der Waals surface area contributed by atoms with Crippen LogP contribution in [-0.4, -0.2) is 4.57 Å². The van der Waals surface area contributed by atoms with Crippen LogP contribution in [0.25, 0.3) is 93.6 Å². The van der Waals surface area contributed by atoms with Crippen LogP contribution >= 0.6 is 0 Å². The second-order valence-electron chi connectivity index (χ2n) is 14.8. The molecule has 1 saturated carbocycles. The number of rotatable bonds is 2. The molecule has 0 bridgehead atoms. The lowest BCUT2D eigenvalue weighted by molar-refractivity contribution is 0.353. The number of hydrogen-bond acceptors (Lipinski definition) is 2. The summed E-state index contributed by atoms with van der Waals surface area (Å²) in [6.45, 7) is 0. The molecule has 3 nitrogen and oxygen atoms in total. The number of benzene rings is 7. The first-order valence-corrected chi connectivity index (χ1v) is 18.3. The van der Waals surface area contributed by atoms with Crippen molar-refractivity contribution in [2.45, 2.75) is 37.5 Å². The average molecular weight is 656 g/mol.